The second-order valence-corrected chi connectivity index (χ2v) is 10.4. The van der Waals surface area contributed by atoms with Gasteiger partial charge >= 0.3 is 7.60 Å². The van der Waals surface area contributed by atoms with Crippen LogP contribution in [-0.2, 0) is 26.5 Å². The Kier molecular flexibility index (Phi) is 7.18. The zero-order valence-electron chi connectivity index (χ0n) is 18.8. The molecule has 1 heterocycles. The van der Waals surface area contributed by atoms with Crippen molar-refractivity contribution in [2.45, 2.75) is 33.1 Å². The highest BCUT2D eigenvalue weighted by molar-refractivity contribution is 7.53. The van der Waals surface area contributed by atoms with Gasteiger partial charge in [0.2, 0.25) is 0 Å². The van der Waals surface area contributed by atoms with Crippen LogP contribution in [-0.4, -0.2) is 24.7 Å². The van der Waals surface area contributed by atoms with Crippen molar-refractivity contribution in [3.05, 3.63) is 93.8 Å². The average Bonchev–Trinajstić information content (AvgIpc) is 2.79. The maximum atomic E-state index is 13.2. The van der Waals surface area contributed by atoms with Gasteiger partial charge in [0.05, 0.1) is 13.2 Å². The molecule has 0 bridgehead atoms. The molecule has 1 aliphatic heterocycles. The Bertz CT molecular complexity index is 1140. The van der Waals surface area contributed by atoms with Gasteiger partial charge < -0.3 is 18.9 Å². The molecule has 4 rings (SSSR count). The van der Waals surface area contributed by atoms with Gasteiger partial charge in [-0.3, -0.25) is 4.57 Å². The van der Waals surface area contributed by atoms with E-state index in [-0.39, 0.29) is 17.9 Å². The summed E-state index contributed by atoms with van der Waals surface area (Å²) in [5.41, 5.74) is 6.08. The van der Waals surface area contributed by atoms with Crippen LogP contribution in [0.15, 0.2) is 54.6 Å². The Morgan fingerprint density at radius 1 is 0.939 bits per heavy atom. The highest BCUT2D eigenvalue weighted by Gasteiger charge is 2.29. The van der Waals surface area contributed by atoms with Crippen LogP contribution in [0.1, 0.15) is 39.8 Å². The normalized spacial score (nSPS) is 15.4. The van der Waals surface area contributed by atoms with Crippen molar-refractivity contribution >= 4 is 7.60 Å². The molecule has 174 valence electrons. The zero-order valence-corrected chi connectivity index (χ0v) is 19.7. The third kappa shape index (κ3) is 6.02. The number of benzene rings is 3. The second-order valence-electron chi connectivity index (χ2n) is 8.38. The van der Waals surface area contributed by atoms with E-state index in [1.807, 2.05) is 38.1 Å². The highest BCUT2D eigenvalue weighted by Crippen LogP contribution is 2.50. The summed E-state index contributed by atoms with van der Waals surface area (Å²) in [4.78, 5) is 0. The van der Waals surface area contributed by atoms with Gasteiger partial charge in [0.1, 0.15) is 17.3 Å². The van der Waals surface area contributed by atoms with Crippen molar-refractivity contribution < 1.29 is 27.8 Å². The van der Waals surface area contributed by atoms with E-state index in [9.17, 15) is 14.1 Å². The maximum Gasteiger partial charge on any atom is 0.367 e. The predicted octanol–water partition coefficient (Wildman–Crippen LogP) is 6.30. The van der Waals surface area contributed by atoms with Crippen LogP contribution in [0.2, 0.25) is 0 Å². The largest absolute Gasteiger partial charge is 0.508 e. The van der Waals surface area contributed by atoms with Gasteiger partial charge in [-0.1, -0.05) is 24.3 Å². The fourth-order valence-electron chi connectivity index (χ4n) is 3.96. The third-order valence-electron chi connectivity index (χ3n) is 5.76. The van der Waals surface area contributed by atoms with Crippen molar-refractivity contribution in [1.82, 2.24) is 0 Å². The van der Waals surface area contributed by atoms with E-state index in [1.165, 1.54) is 12.1 Å². The molecule has 0 aromatic heterocycles. The van der Waals surface area contributed by atoms with E-state index in [2.05, 4.69) is 0 Å². The van der Waals surface area contributed by atoms with Crippen LogP contribution in [0.3, 0.4) is 0 Å². The number of hydrogen-bond donors (Lipinski definition) is 1. The van der Waals surface area contributed by atoms with Gasteiger partial charge in [0.15, 0.2) is 6.35 Å². The molecule has 0 spiro atoms. The number of phenolic OH excluding ortho intramolecular Hbond substituents is 1. The molecule has 3 aromatic carbocycles. The molecule has 1 fully saturated rings. The Balaban J connectivity index is 1.48. The number of phenols is 1. The fourth-order valence-corrected chi connectivity index (χ4v) is 5.31. The summed E-state index contributed by atoms with van der Waals surface area (Å²) in [6.07, 6.45) is 1.85. The molecular weight excluding hydrogens is 442 g/mol. The molecule has 5 nitrogen and oxygen atoms in total. The first-order valence-electron chi connectivity index (χ1n) is 11.0. The van der Waals surface area contributed by atoms with Gasteiger partial charge in [-0.05, 0) is 90.4 Å². The highest BCUT2D eigenvalue weighted by atomic mass is 31.2. The SMILES string of the molecule is Cc1cc(OCP2(=O)OCCCO2)cc(C)c1Cc1ccc(O)c(Cc2ccc(F)cc2)c1. The number of ether oxygens (including phenoxy) is 1. The molecule has 33 heavy (non-hydrogen) atoms. The maximum absolute atomic E-state index is 13.2. The molecule has 0 radical (unpaired) electrons. The number of hydrogen-bond acceptors (Lipinski definition) is 5. The third-order valence-corrected chi connectivity index (χ3v) is 7.35. The van der Waals surface area contributed by atoms with Crippen molar-refractivity contribution in [3.8, 4) is 11.5 Å². The summed E-state index contributed by atoms with van der Waals surface area (Å²) >= 11 is 0. The lowest BCUT2D eigenvalue weighted by Gasteiger charge is -2.23. The van der Waals surface area contributed by atoms with Gasteiger partial charge in [0, 0.05) is 6.42 Å². The molecule has 7 heteroatoms. The molecule has 0 atom stereocenters. The summed E-state index contributed by atoms with van der Waals surface area (Å²) < 4.78 is 42.0. The smallest absolute Gasteiger partial charge is 0.367 e. The minimum absolute atomic E-state index is 0.101. The van der Waals surface area contributed by atoms with Crippen molar-refractivity contribution in [2.75, 3.05) is 19.6 Å². The fraction of sp³-hybridized carbons (Fsp3) is 0.308. The van der Waals surface area contributed by atoms with Crippen LogP contribution in [0.5, 0.6) is 11.5 Å². The quantitative estimate of drug-likeness (QED) is 0.411. The molecule has 0 saturated carbocycles. The molecule has 1 aliphatic rings. The lowest BCUT2D eigenvalue weighted by atomic mass is 9.93. The summed E-state index contributed by atoms with van der Waals surface area (Å²) in [5.74, 6) is 0.577. The predicted molar refractivity (Wildman–Crippen MR) is 126 cm³/mol. The molecule has 0 unspecified atom stereocenters. The van der Waals surface area contributed by atoms with E-state index in [1.54, 1.807) is 18.2 Å². The number of aromatic hydroxyl groups is 1. The van der Waals surface area contributed by atoms with Crippen LogP contribution in [0.25, 0.3) is 0 Å². The Hall–Kier alpha value is -2.66. The van der Waals surface area contributed by atoms with Gasteiger partial charge in [-0.15, -0.1) is 0 Å². The van der Waals surface area contributed by atoms with E-state index in [0.717, 1.165) is 39.8 Å². The number of aryl methyl sites for hydroxylation is 2. The Labute approximate surface area is 193 Å². The van der Waals surface area contributed by atoms with Crippen LogP contribution in [0.4, 0.5) is 4.39 Å². The standard InChI is InChI=1S/C26H28FO5P/c1-18-12-24(30-17-33(29)31-10-3-11-32-33)13-19(2)25(18)16-21-6-9-26(28)22(15-21)14-20-4-7-23(27)8-5-20/h4-9,12-13,15,28H,3,10-11,14,16-17H2,1-2H3. The number of halogens is 1. The topological polar surface area (TPSA) is 65.0 Å². The van der Waals surface area contributed by atoms with Crippen LogP contribution in [0, 0.1) is 19.7 Å². The molecular formula is C26H28FO5P. The minimum atomic E-state index is -3.18. The number of rotatable bonds is 7. The Morgan fingerprint density at radius 3 is 2.24 bits per heavy atom. The average molecular weight is 470 g/mol. The summed E-state index contributed by atoms with van der Waals surface area (Å²) in [6.45, 7) is 4.89. The zero-order chi connectivity index (χ0) is 23.4. The lowest BCUT2D eigenvalue weighted by Crippen LogP contribution is -2.13. The first-order valence-corrected chi connectivity index (χ1v) is 12.7. The second kappa shape index (κ2) is 10.1. The van der Waals surface area contributed by atoms with Gasteiger partial charge in [-0.2, -0.15) is 0 Å². The van der Waals surface area contributed by atoms with Gasteiger partial charge in [0.25, 0.3) is 0 Å². The minimum Gasteiger partial charge on any atom is -0.508 e. The molecule has 3 aromatic rings. The van der Waals surface area contributed by atoms with Crippen LogP contribution >= 0.6 is 7.60 Å². The lowest BCUT2D eigenvalue weighted by molar-refractivity contribution is 0.132. The van der Waals surface area contributed by atoms with E-state index < -0.39 is 7.60 Å². The van der Waals surface area contributed by atoms with Crippen molar-refractivity contribution in [2.24, 2.45) is 0 Å². The Morgan fingerprint density at radius 2 is 1.58 bits per heavy atom. The molecule has 0 amide bonds. The van der Waals surface area contributed by atoms with Gasteiger partial charge in [-0.25, -0.2) is 4.39 Å². The van der Waals surface area contributed by atoms with E-state index in [0.29, 0.717) is 31.8 Å². The van der Waals surface area contributed by atoms with Crippen molar-refractivity contribution in [3.63, 3.8) is 0 Å². The van der Waals surface area contributed by atoms with Crippen LogP contribution < -0.4 is 4.74 Å². The van der Waals surface area contributed by atoms with E-state index >= 15 is 0 Å². The monoisotopic (exact) mass is 470 g/mol. The summed E-state index contributed by atoms with van der Waals surface area (Å²) in [5, 5.41) is 10.3. The molecule has 0 aliphatic carbocycles. The summed E-state index contributed by atoms with van der Waals surface area (Å²) in [7, 11) is -3.18. The molecule has 1 N–H and O–H groups in total. The van der Waals surface area contributed by atoms with Crippen molar-refractivity contribution in [1.29, 1.82) is 0 Å². The summed E-state index contributed by atoms with van der Waals surface area (Å²) in [6, 6.07) is 15.8. The van der Waals surface area contributed by atoms with E-state index in [4.69, 9.17) is 13.8 Å². The molecule has 1 saturated heterocycles. The first-order chi connectivity index (χ1) is 15.8. The first kappa shape index (κ1) is 23.5.